The van der Waals surface area contributed by atoms with E-state index in [0.717, 1.165) is 37.0 Å². The van der Waals surface area contributed by atoms with Crippen LogP contribution in [0.1, 0.15) is 30.4 Å². The monoisotopic (exact) mass is 478 g/mol. The summed E-state index contributed by atoms with van der Waals surface area (Å²) in [6.45, 7) is -0.257. The van der Waals surface area contributed by atoms with Gasteiger partial charge in [-0.3, -0.25) is 9.59 Å². The summed E-state index contributed by atoms with van der Waals surface area (Å²) in [6.07, 6.45) is 3.44. The number of ether oxygens (including phenoxy) is 1. The normalized spacial score (nSPS) is 16.9. The lowest BCUT2D eigenvalue weighted by atomic mass is 9.98. The maximum atomic E-state index is 13.2. The number of halogens is 2. The number of anilines is 1. The summed E-state index contributed by atoms with van der Waals surface area (Å²) in [5.74, 6) is -3.56. The molecule has 1 aliphatic heterocycles. The van der Waals surface area contributed by atoms with Crippen LogP contribution in [0.25, 0.3) is 0 Å². The number of nitrogens with one attached hydrogen (secondary N) is 1. The second-order valence-corrected chi connectivity index (χ2v) is 10.2. The Hall–Kier alpha value is -2.85. The number of fused-ring (bicyclic) bond motifs is 1. The van der Waals surface area contributed by atoms with E-state index in [0.29, 0.717) is 6.07 Å². The number of hydrogen-bond acceptors (Lipinski definition) is 5. The number of aryl methyl sites for hydroxylation is 2. The Morgan fingerprint density at radius 3 is 2.36 bits per heavy atom. The third-order valence-corrected chi connectivity index (χ3v) is 7.88. The van der Waals surface area contributed by atoms with Gasteiger partial charge in [0.2, 0.25) is 10.0 Å². The van der Waals surface area contributed by atoms with Crippen LogP contribution in [0.15, 0.2) is 41.3 Å². The molecular formula is C23H24F2N2O5S. The number of nitrogens with zero attached hydrogens (tertiary/aromatic N) is 1. The quantitative estimate of drug-likeness (QED) is 0.645. The molecule has 4 rings (SSSR count). The fraction of sp³-hybridized carbons (Fsp3) is 0.391. The molecule has 0 radical (unpaired) electrons. The van der Waals surface area contributed by atoms with Crippen molar-refractivity contribution in [3.63, 3.8) is 0 Å². The summed E-state index contributed by atoms with van der Waals surface area (Å²) in [5.41, 5.74) is 2.19. The van der Waals surface area contributed by atoms with Crippen molar-refractivity contribution in [1.82, 2.24) is 4.31 Å². The van der Waals surface area contributed by atoms with Gasteiger partial charge in [0.15, 0.2) is 6.61 Å². The summed E-state index contributed by atoms with van der Waals surface area (Å²) in [5, 5.41) is 2.26. The van der Waals surface area contributed by atoms with Crippen LogP contribution < -0.4 is 5.32 Å². The molecule has 1 saturated heterocycles. The van der Waals surface area contributed by atoms with Gasteiger partial charge >= 0.3 is 5.97 Å². The minimum atomic E-state index is -3.64. The van der Waals surface area contributed by atoms with Crippen molar-refractivity contribution in [2.24, 2.45) is 5.92 Å². The Bertz CT molecular complexity index is 1160. The second-order valence-electron chi connectivity index (χ2n) is 8.28. The molecule has 0 spiro atoms. The summed E-state index contributed by atoms with van der Waals surface area (Å²) in [6, 6.07) is 7.83. The Labute approximate surface area is 190 Å². The topological polar surface area (TPSA) is 92.8 Å². The third-order valence-electron chi connectivity index (χ3n) is 5.99. The van der Waals surface area contributed by atoms with Gasteiger partial charge in [-0.15, -0.1) is 0 Å². The standard InChI is InChI=1S/C23H24F2N2O5S/c24-18-11-19(25)13-20(12-18)26-22(28)14-32-23(29)16-6-8-27(9-7-16)33(30,31)21-5-4-15-2-1-3-17(15)10-21/h4-5,10-13,16H,1-3,6-9,14H2,(H,26,28). The fourth-order valence-corrected chi connectivity index (χ4v) is 5.79. The van der Waals surface area contributed by atoms with E-state index in [1.165, 1.54) is 9.87 Å². The second kappa shape index (κ2) is 9.56. The van der Waals surface area contributed by atoms with Crippen LogP contribution in [0.5, 0.6) is 0 Å². The van der Waals surface area contributed by atoms with Gasteiger partial charge in [-0.2, -0.15) is 4.31 Å². The van der Waals surface area contributed by atoms with Crippen LogP contribution in [0.2, 0.25) is 0 Å². The zero-order valence-electron chi connectivity index (χ0n) is 17.9. The molecule has 2 aliphatic rings. The summed E-state index contributed by atoms with van der Waals surface area (Å²) >= 11 is 0. The van der Waals surface area contributed by atoms with Crippen LogP contribution in [0.3, 0.4) is 0 Å². The Balaban J connectivity index is 1.27. The van der Waals surface area contributed by atoms with Crippen molar-refractivity contribution < 1.29 is 31.5 Å². The maximum absolute atomic E-state index is 13.2. The number of sulfonamides is 1. The first-order valence-electron chi connectivity index (χ1n) is 10.8. The van der Waals surface area contributed by atoms with Crippen molar-refractivity contribution in [3.8, 4) is 0 Å². The molecule has 1 heterocycles. The molecular weight excluding hydrogens is 454 g/mol. The average molecular weight is 479 g/mol. The molecule has 10 heteroatoms. The number of hydrogen-bond donors (Lipinski definition) is 1. The van der Waals surface area contributed by atoms with E-state index < -0.39 is 46.1 Å². The lowest BCUT2D eigenvalue weighted by Crippen LogP contribution is -2.41. The van der Waals surface area contributed by atoms with Crippen LogP contribution in [-0.2, 0) is 37.2 Å². The van der Waals surface area contributed by atoms with E-state index in [1.54, 1.807) is 12.1 Å². The van der Waals surface area contributed by atoms with Gasteiger partial charge in [-0.1, -0.05) is 6.07 Å². The number of rotatable bonds is 6. The molecule has 1 aliphatic carbocycles. The summed E-state index contributed by atoms with van der Waals surface area (Å²) in [7, 11) is -3.64. The van der Waals surface area contributed by atoms with Gasteiger partial charge in [0.05, 0.1) is 10.8 Å². The lowest BCUT2D eigenvalue weighted by molar-refractivity contribution is -0.152. The molecule has 0 saturated carbocycles. The van der Waals surface area contributed by atoms with E-state index in [9.17, 15) is 26.8 Å². The first-order valence-corrected chi connectivity index (χ1v) is 12.2. The number of piperidine rings is 1. The molecule has 1 N–H and O–H groups in total. The molecule has 176 valence electrons. The van der Waals surface area contributed by atoms with E-state index in [4.69, 9.17) is 4.74 Å². The zero-order chi connectivity index (χ0) is 23.6. The molecule has 2 aromatic carbocycles. The molecule has 1 fully saturated rings. The molecule has 33 heavy (non-hydrogen) atoms. The molecule has 2 aromatic rings. The van der Waals surface area contributed by atoms with Crippen molar-refractivity contribution in [3.05, 3.63) is 59.2 Å². The highest BCUT2D eigenvalue weighted by Gasteiger charge is 2.33. The summed E-state index contributed by atoms with van der Waals surface area (Å²) < 4.78 is 58.8. The Morgan fingerprint density at radius 1 is 1.00 bits per heavy atom. The van der Waals surface area contributed by atoms with Crippen LogP contribution >= 0.6 is 0 Å². The van der Waals surface area contributed by atoms with Gasteiger partial charge in [0, 0.05) is 24.8 Å². The average Bonchev–Trinajstić information content (AvgIpc) is 3.25. The van der Waals surface area contributed by atoms with Gasteiger partial charge in [-0.05, 0) is 67.5 Å². The van der Waals surface area contributed by atoms with E-state index in [1.807, 2.05) is 6.07 Å². The first kappa shape index (κ1) is 23.3. The molecule has 0 aromatic heterocycles. The number of esters is 1. The highest BCUT2D eigenvalue weighted by molar-refractivity contribution is 7.89. The van der Waals surface area contributed by atoms with E-state index in [-0.39, 0.29) is 36.5 Å². The number of benzene rings is 2. The minimum Gasteiger partial charge on any atom is -0.455 e. The van der Waals surface area contributed by atoms with Crippen molar-refractivity contribution >= 4 is 27.6 Å². The SMILES string of the molecule is O=C(COC(=O)C1CCN(S(=O)(=O)c2ccc3c(c2)CCC3)CC1)Nc1cc(F)cc(F)c1. The molecule has 7 nitrogen and oxygen atoms in total. The van der Waals surface area contributed by atoms with Crippen LogP contribution in [0, 0.1) is 17.6 Å². The fourth-order valence-electron chi connectivity index (χ4n) is 4.27. The van der Waals surface area contributed by atoms with Gasteiger partial charge in [0.25, 0.3) is 5.91 Å². The molecule has 1 amide bonds. The number of carbonyl (C=O) groups excluding carboxylic acids is 2. The highest BCUT2D eigenvalue weighted by Crippen LogP contribution is 2.29. The van der Waals surface area contributed by atoms with Crippen molar-refractivity contribution in [2.45, 2.75) is 37.0 Å². The molecule has 0 unspecified atom stereocenters. The predicted octanol–water partition coefficient (Wildman–Crippen LogP) is 3.04. The summed E-state index contributed by atoms with van der Waals surface area (Å²) in [4.78, 5) is 24.5. The van der Waals surface area contributed by atoms with Gasteiger partial charge < -0.3 is 10.1 Å². The van der Waals surface area contributed by atoms with E-state index in [2.05, 4.69) is 5.32 Å². The smallest absolute Gasteiger partial charge is 0.309 e. The lowest BCUT2D eigenvalue weighted by Gasteiger charge is -2.30. The van der Waals surface area contributed by atoms with Gasteiger partial charge in [0.1, 0.15) is 11.6 Å². The first-order chi connectivity index (χ1) is 15.7. The third kappa shape index (κ3) is 5.39. The predicted molar refractivity (Wildman–Crippen MR) is 116 cm³/mol. The maximum Gasteiger partial charge on any atom is 0.309 e. The zero-order valence-corrected chi connectivity index (χ0v) is 18.7. The van der Waals surface area contributed by atoms with Gasteiger partial charge in [-0.25, -0.2) is 17.2 Å². The minimum absolute atomic E-state index is 0.0846. The molecule has 0 bridgehead atoms. The van der Waals surface area contributed by atoms with Crippen LogP contribution in [0.4, 0.5) is 14.5 Å². The number of carbonyl (C=O) groups is 2. The highest BCUT2D eigenvalue weighted by atomic mass is 32.2. The largest absolute Gasteiger partial charge is 0.455 e. The van der Waals surface area contributed by atoms with Crippen LogP contribution in [-0.4, -0.2) is 44.3 Å². The van der Waals surface area contributed by atoms with Crippen molar-refractivity contribution in [2.75, 3.05) is 25.0 Å². The van der Waals surface area contributed by atoms with Crippen molar-refractivity contribution in [1.29, 1.82) is 0 Å². The Kier molecular flexibility index (Phi) is 6.76. The van der Waals surface area contributed by atoms with E-state index >= 15 is 0 Å². The number of amides is 1. The molecule has 0 atom stereocenters. The Morgan fingerprint density at radius 2 is 1.67 bits per heavy atom.